The van der Waals surface area contributed by atoms with E-state index in [1.807, 2.05) is 4.90 Å². The molecular formula is C20H27N3O5. The van der Waals surface area contributed by atoms with E-state index in [0.717, 1.165) is 25.9 Å². The third kappa shape index (κ3) is 4.79. The number of para-hydroxylation sites is 2. The van der Waals surface area contributed by atoms with E-state index in [1.165, 1.54) is 6.07 Å². The zero-order chi connectivity index (χ0) is 20.1. The molecule has 0 N–H and O–H groups in total. The van der Waals surface area contributed by atoms with Gasteiger partial charge in [-0.25, -0.2) is 0 Å². The molecule has 1 amide bonds. The molecule has 28 heavy (non-hydrogen) atoms. The number of rotatable bonds is 5. The van der Waals surface area contributed by atoms with E-state index in [0.29, 0.717) is 37.5 Å². The smallest absolute Gasteiger partial charge is 0.309 e. The van der Waals surface area contributed by atoms with Crippen LogP contribution in [0.1, 0.15) is 32.6 Å². The second-order valence-electron chi connectivity index (χ2n) is 7.68. The minimum absolute atomic E-state index is 0.0740. The lowest BCUT2D eigenvalue weighted by Crippen LogP contribution is -2.41. The normalized spacial score (nSPS) is 18.8. The minimum atomic E-state index is -0.386. The number of anilines is 1. The lowest BCUT2D eigenvalue weighted by atomic mass is 9.96. The van der Waals surface area contributed by atoms with Crippen molar-refractivity contribution in [2.24, 2.45) is 11.8 Å². The molecule has 0 aliphatic carbocycles. The number of hydrogen-bond donors (Lipinski definition) is 0. The molecule has 2 heterocycles. The Morgan fingerprint density at radius 2 is 1.75 bits per heavy atom. The summed E-state index contributed by atoms with van der Waals surface area (Å²) in [6.45, 7) is 4.53. The fraction of sp³-hybridized carbons (Fsp3) is 0.600. The molecule has 2 fully saturated rings. The minimum Gasteiger partial charge on any atom is -0.455 e. The van der Waals surface area contributed by atoms with Gasteiger partial charge in [0.2, 0.25) is 0 Å². The molecule has 8 nitrogen and oxygen atoms in total. The first-order valence-corrected chi connectivity index (χ1v) is 9.88. The maximum atomic E-state index is 12.3. The molecule has 8 heteroatoms. The fourth-order valence-electron chi connectivity index (χ4n) is 3.84. The number of nitro groups is 1. The van der Waals surface area contributed by atoms with E-state index in [4.69, 9.17) is 4.74 Å². The Kier molecular flexibility index (Phi) is 6.49. The van der Waals surface area contributed by atoms with Gasteiger partial charge >= 0.3 is 5.97 Å². The molecule has 0 unspecified atom stereocenters. The molecule has 2 saturated heterocycles. The monoisotopic (exact) mass is 389 g/mol. The standard InChI is InChI=1S/C20H27N3O5/c1-15-6-10-22(11-7-15)19(24)14-28-20(25)16-8-12-21(13-9-16)17-4-2-3-5-18(17)23(26)27/h2-5,15-16H,6-14H2,1H3. The van der Waals surface area contributed by atoms with Gasteiger partial charge in [-0.05, 0) is 37.7 Å². The lowest BCUT2D eigenvalue weighted by molar-refractivity contribution is -0.384. The van der Waals surface area contributed by atoms with Crippen molar-refractivity contribution in [2.75, 3.05) is 37.7 Å². The molecule has 0 bridgehead atoms. The summed E-state index contributed by atoms with van der Waals surface area (Å²) in [6.07, 6.45) is 3.09. The Morgan fingerprint density at radius 1 is 1.11 bits per heavy atom. The molecule has 0 atom stereocenters. The second kappa shape index (κ2) is 9.03. The topological polar surface area (TPSA) is 93.0 Å². The van der Waals surface area contributed by atoms with E-state index in [1.54, 1.807) is 23.1 Å². The number of likely N-dealkylation sites (tertiary alicyclic amines) is 1. The number of nitrogens with zero attached hydrogens (tertiary/aromatic N) is 3. The highest BCUT2D eigenvalue weighted by Gasteiger charge is 2.30. The first-order valence-electron chi connectivity index (χ1n) is 9.88. The van der Waals surface area contributed by atoms with Crippen molar-refractivity contribution in [2.45, 2.75) is 32.6 Å². The number of hydrogen-bond acceptors (Lipinski definition) is 6. The van der Waals surface area contributed by atoms with Crippen molar-refractivity contribution in [3.63, 3.8) is 0 Å². The highest BCUT2D eigenvalue weighted by Crippen LogP contribution is 2.31. The fourth-order valence-corrected chi connectivity index (χ4v) is 3.84. The summed E-state index contributed by atoms with van der Waals surface area (Å²) in [7, 11) is 0. The number of piperidine rings is 2. The van der Waals surface area contributed by atoms with Gasteiger partial charge in [0.05, 0.1) is 10.8 Å². The van der Waals surface area contributed by atoms with Crippen LogP contribution < -0.4 is 4.90 Å². The Morgan fingerprint density at radius 3 is 2.39 bits per heavy atom. The molecule has 0 radical (unpaired) electrons. The van der Waals surface area contributed by atoms with E-state index in [-0.39, 0.29) is 35.0 Å². The summed E-state index contributed by atoms with van der Waals surface area (Å²) in [5.74, 6) is -0.107. The highest BCUT2D eigenvalue weighted by molar-refractivity contribution is 5.81. The molecule has 0 spiro atoms. The number of amides is 1. The van der Waals surface area contributed by atoms with Crippen LogP contribution in [0.2, 0.25) is 0 Å². The summed E-state index contributed by atoms with van der Waals surface area (Å²) in [5, 5.41) is 11.2. The highest BCUT2D eigenvalue weighted by atomic mass is 16.6. The number of benzene rings is 1. The van der Waals surface area contributed by atoms with Crippen LogP contribution in [0.4, 0.5) is 11.4 Å². The van der Waals surface area contributed by atoms with Gasteiger partial charge in [0.15, 0.2) is 6.61 Å². The summed E-state index contributed by atoms with van der Waals surface area (Å²) in [5.41, 5.74) is 0.652. The Hall–Kier alpha value is -2.64. The quantitative estimate of drug-likeness (QED) is 0.437. The summed E-state index contributed by atoms with van der Waals surface area (Å²) >= 11 is 0. The van der Waals surface area contributed by atoms with Gasteiger partial charge in [-0.2, -0.15) is 0 Å². The van der Waals surface area contributed by atoms with Gasteiger partial charge in [0.1, 0.15) is 5.69 Å². The molecule has 0 saturated carbocycles. The van der Waals surface area contributed by atoms with Gasteiger partial charge in [-0.3, -0.25) is 19.7 Å². The number of carbonyl (C=O) groups is 2. The average molecular weight is 389 g/mol. The van der Waals surface area contributed by atoms with Crippen LogP contribution in [0.15, 0.2) is 24.3 Å². The van der Waals surface area contributed by atoms with Crippen LogP contribution in [-0.4, -0.2) is 54.5 Å². The first kappa shape index (κ1) is 20.1. The van der Waals surface area contributed by atoms with Crippen molar-refractivity contribution in [3.8, 4) is 0 Å². The van der Waals surface area contributed by atoms with Gasteiger partial charge in [-0.15, -0.1) is 0 Å². The van der Waals surface area contributed by atoms with E-state index < -0.39 is 0 Å². The number of ether oxygens (including phenoxy) is 1. The largest absolute Gasteiger partial charge is 0.455 e. The third-order valence-corrected chi connectivity index (χ3v) is 5.72. The van der Waals surface area contributed by atoms with Crippen LogP contribution in [0.25, 0.3) is 0 Å². The van der Waals surface area contributed by atoms with Crippen molar-refractivity contribution < 1.29 is 19.2 Å². The zero-order valence-electron chi connectivity index (χ0n) is 16.2. The molecule has 2 aliphatic rings. The van der Waals surface area contributed by atoms with E-state index in [2.05, 4.69) is 6.92 Å². The van der Waals surface area contributed by atoms with Crippen LogP contribution in [0.3, 0.4) is 0 Å². The first-order chi connectivity index (χ1) is 13.5. The third-order valence-electron chi connectivity index (χ3n) is 5.72. The predicted molar refractivity (Wildman–Crippen MR) is 104 cm³/mol. The van der Waals surface area contributed by atoms with E-state index in [9.17, 15) is 19.7 Å². The van der Waals surface area contributed by atoms with Gasteiger partial charge in [0.25, 0.3) is 11.6 Å². The SMILES string of the molecule is CC1CCN(C(=O)COC(=O)C2CCN(c3ccccc3[N+](=O)[O-])CC2)CC1. The van der Waals surface area contributed by atoms with Crippen LogP contribution in [0, 0.1) is 22.0 Å². The molecule has 0 aromatic heterocycles. The number of carbonyl (C=O) groups excluding carboxylic acids is 2. The number of nitro benzene ring substituents is 1. The molecule has 2 aliphatic heterocycles. The van der Waals surface area contributed by atoms with Crippen molar-refractivity contribution in [3.05, 3.63) is 34.4 Å². The Labute approximate surface area is 164 Å². The van der Waals surface area contributed by atoms with Gasteiger partial charge in [0, 0.05) is 32.2 Å². The summed E-state index contributed by atoms with van der Waals surface area (Å²) < 4.78 is 5.27. The average Bonchev–Trinajstić information content (AvgIpc) is 2.72. The summed E-state index contributed by atoms with van der Waals surface area (Å²) in [4.78, 5) is 39.1. The Bertz CT molecular complexity index is 722. The maximum Gasteiger partial charge on any atom is 0.309 e. The molecule has 1 aromatic rings. The van der Waals surface area contributed by atoms with Gasteiger partial charge < -0.3 is 14.5 Å². The van der Waals surface area contributed by atoms with Crippen molar-refractivity contribution >= 4 is 23.3 Å². The van der Waals surface area contributed by atoms with Crippen molar-refractivity contribution in [1.82, 2.24) is 4.90 Å². The molecular weight excluding hydrogens is 362 g/mol. The van der Waals surface area contributed by atoms with Gasteiger partial charge in [-0.1, -0.05) is 19.1 Å². The maximum absolute atomic E-state index is 12.3. The second-order valence-corrected chi connectivity index (χ2v) is 7.68. The lowest BCUT2D eigenvalue weighted by Gasteiger charge is -2.32. The van der Waals surface area contributed by atoms with Crippen LogP contribution in [-0.2, 0) is 14.3 Å². The van der Waals surface area contributed by atoms with Crippen LogP contribution in [0.5, 0.6) is 0 Å². The van der Waals surface area contributed by atoms with Crippen LogP contribution >= 0.6 is 0 Å². The molecule has 1 aromatic carbocycles. The molecule has 152 valence electrons. The van der Waals surface area contributed by atoms with E-state index >= 15 is 0 Å². The Balaban J connectivity index is 1.46. The number of esters is 1. The molecule has 3 rings (SSSR count). The zero-order valence-corrected chi connectivity index (χ0v) is 16.2. The predicted octanol–water partition coefficient (Wildman–Crippen LogP) is 2.61. The van der Waals surface area contributed by atoms with Crippen molar-refractivity contribution in [1.29, 1.82) is 0 Å². The summed E-state index contributed by atoms with van der Waals surface area (Å²) in [6, 6.07) is 6.64.